The Balaban J connectivity index is 2.79. The molecule has 0 fully saturated rings. The summed E-state index contributed by atoms with van der Waals surface area (Å²) in [5.74, 6) is 0.999. The molecule has 2 heteroatoms. The molecule has 0 heterocycles. The van der Waals surface area contributed by atoms with Crippen molar-refractivity contribution in [2.45, 2.75) is 38.9 Å². The SMILES string of the molecule is CC(C)(C)[Si-](C)(C)Oc1ccccc1. The Morgan fingerprint density at radius 2 is 1.50 bits per heavy atom. The molecule has 1 aromatic carbocycles. The van der Waals surface area contributed by atoms with Gasteiger partial charge in [-0.2, -0.15) is 0 Å². The van der Waals surface area contributed by atoms with Crippen LogP contribution >= 0.6 is 0 Å². The molecule has 1 aromatic rings. The van der Waals surface area contributed by atoms with Crippen LogP contribution in [0, 0.1) is 0 Å². The molecule has 0 saturated carbocycles. The molecule has 14 heavy (non-hydrogen) atoms. The molecule has 0 unspecified atom stereocenters. The molecule has 0 aliphatic carbocycles. The Bertz CT molecular complexity index is 285. The molecule has 0 spiro atoms. The highest BCUT2D eigenvalue weighted by molar-refractivity contribution is 6.74. The Morgan fingerprint density at radius 1 is 1.00 bits per heavy atom. The van der Waals surface area contributed by atoms with E-state index >= 15 is 0 Å². The van der Waals surface area contributed by atoms with Crippen LogP contribution in [0.15, 0.2) is 30.3 Å². The van der Waals surface area contributed by atoms with E-state index in [1.165, 1.54) is 0 Å². The summed E-state index contributed by atoms with van der Waals surface area (Å²) in [4.78, 5) is 0. The van der Waals surface area contributed by atoms with E-state index in [2.05, 4.69) is 33.9 Å². The van der Waals surface area contributed by atoms with E-state index in [0.717, 1.165) is 5.75 Å². The molecule has 0 N–H and O–H groups in total. The number of hydrogen-bond acceptors (Lipinski definition) is 1. The van der Waals surface area contributed by atoms with Crippen molar-refractivity contribution in [3.63, 3.8) is 0 Å². The van der Waals surface area contributed by atoms with Gasteiger partial charge in [0.2, 0.25) is 0 Å². The fraction of sp³-hybridized carbons (Fsp3) is 0.500. The second-order valence-electron chi connectivity index (χ2n) is 5.18. The minimum absolute atomic E-state index is 0.267. The van der Waals surface area contributed by atoms with Crippen LogP contribution in [0.5, 0.6) is 5.75 Å². The van der Waals surface area contributed by atoms with Gasteiger partial charge in [-0.25, -0.2) is 0 Å². The van der Waals surface area contributed by atoms with Crippen LogP contribution in [0.3, 0.4) is 0 Å². The van der Waals surface area contributed by atoms with Crippen molar-refractivity contribution in [2.75, 3.05) is 0 Å². The summed E-state index contributed by atoms with van der Waals surface area (Å²) in [5.41, 5.74) is 0. The Labute approximate surface area is 88.2 Å². The summed E-state index contributed by atoms with van der Waals surface area (Å²) in [6, 6.07) is 10.1. The van der Waals surface area contributed by atoms with Crippen molar-refractivity contribution < 1.29 is 4.43 Å². The number of hydrogen-bond donors (Lipinski definition) is 0. The molecule has 0 saturated heterocycles. The molecule has 0 amide bonds. The van der Waals surface area contributed by atoms with Gasteiger partial charge in [0.15, 0.2) is 0 Å². The van der Waals surface area contributed by atoms with Crippen LogP contribution in [0.2, 0.25) is 18.1 Å². The van der Waals surface area contributed by atoms with Gasteiger partial charge in [-0.05, 0) is 12.1 Å². The van der Waals surface area contributed by atoms with Crippen molar-refractivity contribution in [2.24, 2.45) is 0 Å². The highest BCUT2D eigenvalue weighted by Gasteiger charge is 2.26. The van der Waals surface area contributed by atoms with Gasteiger partial charge < -0.3 is 4.43 Å². The third-order valence-corrected chi connectivity index (χ3v) is 7.28. The van der Waals surface area contributed by atoms with Crippen molar-refractivity contribution in [3.05, 3.63) is 30.3 Å². The van der Waals surface area contributed by atoms with E-state index in [1.807, 2.05) is 30.3 Å². The molecular weight excluding hydrogens is 188 g/mol. The lowest BCUT2D eigenvalue weighted by Gasteiger charge is -2.48. The fourth-order valence-corrected chi connectivity index (χ4v) is 1.97. The Hall–Kier alpha value is -0.763. The smallest absolute Gasteiger partial charge is 0.0722 e. The summed E-state index contributed by atoms with van der Waals surface area (Å²) in [7, 11) is -1.65. The number of para-hydroxylation sites is 1. The number of benzene rings is 1. The van der Waals surface area contributed by atoms with Crippen molar-refractivity contribution in [1.82, 2.24) is 0 Å². The van der Waals surface area contributed by atoms with E-state index in [0.29, 0.717) is 0 Å². The van der Waals surface area contributed by atoms with E-state index in [1.54, 1.807) is 0 Å². The van der Waals surface area contributed by atoms with Crippen molar-refractivity contribution in [1.29, 1.82) is 0 Å². The molecule has 0 aliphatic rings. The summed E-state index contributed by atoms with van der Waals surface area (Å²) < 4.78 is 6.11. The van der Waals surface area contributed by atoms with Crippen LogP contribution in [-0.4, -0.2) is 8.32 Å². The summed E-state index contributed by atoms with van der Waals surface area (Å²) >= 11 is 0. The van der Waals surface area contributed by atoms with Gasteiger partial charge in [0.25, 0.3) is 0 Å². The maximum absolute atomic E-state index is 6.11. The lowest BCUT2D eigenvalue weighted by atomic mass is 10.2. The first-order valence-electron chi connectivity index (χ1n) is 5.07. The van der Waals surface area contributed by atoms with Crippen LogP contribution in [0.25, 0.3) is 0 Å². The summed E-state index contributed by atoms with van der Waals surface area (Å²) in [5, 5.41) is 0.267. The summed E-state index contributed by atoms with van der Waals surface area (Å²) in [6.07, 6.45) is 0. The predicted octanol–water partition coefficient (Wildman–Crippen LogP) is 4.07. The molecule has 79 valence electrons. The second-order valence-corrected chi connectivity index (χ2v) is 9.90. The molecule has 0 atom stereocenters. The molecule has 1 nitrogen and oxygen atoms in total. The zero-order chi connectivity index (χ0) is 10.8. The lowest BCUT2D eigenvalue weighted by Crippen LogP contribution is -2.43. The maximum atomic E-state index is 6.11. The third kappa shape index (κ3) is 2.61. The Morgan fingerprint density at radius 3 is 1.93 bits per heavy atom. The van der Waals surface area contributed by atoms with Gasteiger partial charge in [-0.3, -0.25) is 0 Å². The quantitative estimate of drug-likeness (QED) is 0.666. The van der Waals surface area contributed by atoms with Crippen molar-refractivity contribution in [3.8, 4) is 5.75 Å². The molecule has 0 aromatic heterocycles. The first-order valence-corrected chi connectivity index (χ1v) is 7.98. The predicted molar refractivity (Wildman–Crippen MR) is 64.3 cm³/mol. The highest BCUT2D eigenvalue weighted by atomic mass is 28.4. The zero-order valence-electron chi connectivity index (χ0n) is 9.79. The van der Waals surface area contributed by atoms with Crippen LogP contribution < -0.4 is 4.43 Å². The molecular formula is C12H20OSi-. The molecule has 0 radical (unpaired) electrons. The first-order chi connectivity index (χ1) is 6.33. The number of rotatable bonds is 2. The third-order valence-electron chi connectivity index (χ3n) is 2.92. The van der Waals surface area contributed by atoms with Crippen molar-refractivity contribution >= 4 is 8.32 Å². The second kappa shape index (κ2) is 3.77. The summed E-state index contributed by atoms with van der Waals surface area (Å²) in [6.45, 7) is 11.3. The monoisotopic (exact) mass is 208 g/mol. The molecule has 1 rings (SSSR count). The largest absolute Gasteiger partial charge is 0.689 e. The zero-order valence-corrected chi connectivity index (χ0v) is 10.8. The maximum Gasteiger partial charge on any atom is 0.0722 e. The fourth-order valence-electron chi connectivity index (χ4n) is 0.936. The highest BCUT2D eigenvalue weighted by Crippen LogP contribution is 2.37. The van der Waals surface area contributed by atoms with Gasteiger partial charge >= 0.3 is 0 Å². The van der Waals surface area contributed by atoms with Gasteiger partial charge in [0, 0.05) is 8.32 Å². The topological polar surface area (TPSA) is 9.23 Å². The van der Waals surface area contributed by atoms with E-state index in [-0.39, 0.29) is 5.04 Å². The van der Waals surface area contributed by atoms with Gasteiger partial charge in [0.1, 0.15) is 0 Å². The minimum atomic E-state index is -1.65. The molecule has 0 bridgehead atoms. The van der Waals surface area contributed by atoms with Gasteiger partial charge in [-0.1, -0.05) is 39.0 Å². The lowest BCUT2D eigenvalue weighted by molar-refractivity contribution is 0.492. The normalized spacial score (nSPS) is 12.6. The van der Waals surface area contributed by atoms with Crippen LogP contribution in [0.1, 0.15) is 20.8 Å². The van der Waals surface area contributed by atoms with E-state index < -0.39 is 8.32 Å². The average Bonchev–Trinajstić information content (AvgIpc) is 2.03. The first kappa shape index (κ1) is 11.3. The van der Waals surface area contributed by atoms with E-state index in [4.69, 9.17) is 4.43 Å². The van der Waals surface area contributed by atoms with Gasteiger partial charge in [-0.15, -0.1) is 18.1 Å². The van der Waals surface area contributed by atoms with E-state index in [9.17, 15) is 0 Å². The minimum Gasteiger partial charge on any atom is -0.689 e. The average molecular weight is 208 g/mol. The van der Waals surface area contributed by atoms with Crippen LogP contribution in [-0.2, 0) is 0 Å². The van der Waals surface area contributed by atoms with Crippen LogP contribution in [0.4, 0.5) is 0 Å². The van der Waals surface area contributed by atoms with Gasteiger partial charge in [0.05, 0.1) is 5.75 Å². The molecule has 0 aliphatic heterocycles. The standard InChI is InChI=1S/C12H20OSi/c1-12(2,3)14(4,5)13-11-9-7-6-8-10-11/h6-10H,1-5H3/q-1. The Kier molecular flexibility index (Phi) is 3.05.